The first-order chi connectivity index (χ1) is 13.3. The summed E-state index contributed by atoms with van der Waals surface area (Å²) in [6, 6.07) is 9.00. The number of ether oxygens (including phenoxy) is 1. The van der Waals surface area contributed by atoms with Gasteiger partial charge in [-0.15, -0.1) is 0 Å². The zero-order chi connectivity index (χ0) is 18.2. The highest BCUT2D eigenvalue weighted by molar-refractivity contribution is 5.21. The molecule has 2 aliphatic heterocycles. The maximum atomic E-state index is 6.36. The van der Waals surface area contributed by atoms with Crippen LogP contribution in [0.2, 0.25) is 0 Å². The van der Waals surface area contributed by atoms with Crippen LogP contribution in [0.1, 0.15) is 68.8 Å². The van der Waals surface area contributed by atoms with Gasteiger partial charge in [-0.25, -0.2) is 0 Å². The van der Waals surface area contributed by atoms with Gasteiger partial charge in [-0.05, 0) is 63.3 Å². The van der Waals surface area contributed by atoms with E-state index in [-0.39, 0.29) is 11.0 Å². The van der Waals surface area contributed by atoms with E-state index in [4.69, 9.17) is 9.72 Å². The van der Waals surface area contributed by atoms with Crippen molar-refractivity contribution in [3.8, 4) is 0 Å². The van der Waals surface area contributed by atoms with E-state index >= 15 is 0 Å². The van der Waals surface area contributed by atoms with E-state index in [0.717, 1.165) is 45.4 Å². The Bertz CT molecular complexity index is 768. The minimum atomic E-state index is 0.0990. The topological polar surface area (TPSA) is 52.0 Å². The fourth-order valence-electron chi connectivity index (χ4n) is 5.71. The van der Waals surface area contributed by atoms with Gasteiger partial charge in [0.25, 0.3) is 0 Å². The highest BCUT2D eigenvalue weighted by atomic mass is 16.5. The molecule has 1 saturated carbocycles. The summed E-state index contributed by atoms with van der Waals surface area (Å²) < 4.78 is 8.49. The van der Waals surface area contributed by atoms with Gasteiger partial charge in [0.2, 0.25) is 0 Å². The van der Waals surface area contributed by atoms with Crippen LogP contribution in [0.15, 0.2) is 36.7 Å². The third-order valence-corrected chi connectivity index (χ3v) is 7.10. The van der Waals surface area contributed by atoms with E-state index in [0.29, 0.717) is 6.04 Å². The Hall–Kier alpha value is -1.72. The summed E-state index contributed by atoms with van der Waals surface area (Å²) in [4.78, 5) is 4.81. The Kier molecular flexibility index (Phi) is 4.52. The van der Waals surface area contributed by atoms with Crippen LogP contribution in [-0.4, -0.2) is 33.5 Å². The van der Waals surface area contributed by atoms with Gasteiger partial charge in [-0.1, -0.05) is 18.9 Å². The van der Waals surface area contributed by atoms with Crippen molar-refractivity contribution in [2.45, 2.75) is 75.0 Å². The quantitative estimate of drug-likeness (QED) is 0.875. The molecule has 1 saturated heterocycles. The minimum Gasteiger partial charge on any atom is -0.375 e. The Balaban J connectivity index is 1.33. The first kappa shape index (κ1) is 17.4. The molecular formula is C22H30N4O. The molecule has 0 bridgehead atoms. The summed E-state index contributed by atoms with van der Waals surface area (Å²) in [6.07, 6.45) is 13.4. The minimum absolute atomic E-state index is 0.0990. The van der Waals surface area contributed by atoms with Gasteiger partial charge >= 0.3 is 0 Å². The first-order valence-corrected chi connectivity index (χ1v) is 10.6. The molecule has 0 radical (unpaired) electrons. The molecule has 2 aromatic rings. The molecule has 144 valence electrons. The van der Waals surface area contributed by atoms with E-state index in [1.807, 2.05) is 18.5 Å². The number of pyridine rings is 1. The number of rotatable bonds is 5. The predicted molar refractivity (Wildman–Crippen MR) is 105 cm³/mol. The lowest BCUT2D eigenvalue weighted by Gasteiger charge is -2.46. The summed E-state index contributed by atoms with van der Waals surface area (Å²) in [5.41, 5.74) is 2.83. The van der Waals surface area contributed by atoms with Gasteiger partial charge < -0.3 is 10.1 Å². The third kappa shape index (κ3) is 3.21. The molecule has 4 heterocycles. The summed E-state index contributed by atoms with van der Waals surface area (Å²) in [5.74, 6) is 0. The van der Waals surface area contributed by atoms with Crippen molar-refractivity contribution in [1.29, 1.82) is 0 Å². The van der Waals surface area contributed by atoms with Crippen molar-refractivity contribution in [2.24, 2.45) is 0 Å². The van der Waals surface area contributed by atoms with Crippen molar-refractivity contribution in [3.05, 3.63) is 48.0 Å². The summed E-state index contributed by atoms with van der Waals surface area (Å²) in [7, 11) is 0. The summed E-state index contributed by atoms with van der Waals surface area (Å²) in [5, 5.41) is 8.22. The number of nitrogens with zero attached hydrogens (tertiary/aromatic N) is 3. The summed E-state index contributed by atoms with van der Waals surface area (Å²) >= 11 is 0. The van der Waals surface area contributed by atoms with Crippen LogP contribution < -0.4 is 5.32 Å². The van der Waals surface area contributed by atoms with Crippen molar-refractivity contribution in [2.75, 3.05) is 13.2 Å². The van der Waals surface area contributed by atoms with Gasteiger partial charge in [0.1, 0.15) is 0 Å². The smallest absolute Gasteiger partial charge is 0.0691 e. The van der Waals surface area contributed by atoms with E-state index in [1.54, 1.807) is 0 Å². The molecule has 5 heteroatoms. The molecule has 0 aromatic carbocycles. The highest BCUT2D eigenvalue weighted by Gasteiger charge is 2.48. The van der Waals surface area contributed by atoms with E-state index in [2.05, 4.69) is 33.3 Å². The molecule has 0 amide bonds. The van der Waals surface area contributed by atoms with Gasteiger partial charge in [0, 0.05) is 36.7 Å². The van der Waals surface area contributed by atoms with Gasteiger partial charge in [-0.2, -0.15) is 5.10 Å². The molecule has 2 fully saturated rings. The van der Waals surface area contributed by atoms with Crippen molar-refractivity contribution < 1.29 is 4.74 Å². The fraction of sp³-hybridized carbons (Fsp3) is 0.636. The zero-order valence-corrected chi connectivity index (χ0v) is 16.1. The van der Waals surface area contributed by atoms with Crippen LogP contribution >= 0.6 is 0 Å². The van der Waals surface area contributed by atoms with Crippen LogP contribution in [0.5, 0.6) is 0 Å². The molecule has 27 heavy (non-hydrogen) atoms. The lowest BCUT2D eigenvalue weighted by Crippen LogP contribution is -2.47. The number of hydrogen-bond donors (Lipinski definition) is 1. The fourth-order valence-corrected chi connectivity index (χ4v) is 5.71. The van der Waals surface area contributed by atoms with Crippen molar-refractivity contribution >= 4 is 0 Å². The van der Waals surface area contributed by atoms with E-state index in [9.17, 15) is 0 Å². The number of aryl methyl sites for hydroxylation is 1. The van der Waals surface area contributed by atoms with Crippen LogP contribution in [-0.2, 0) is 16.7 Å². The maximum Gasteiger partial charge on any atom is 0.0691 e. The first-order valence-electron chi connectivity index (χ1n) is 10.6. The summed E-state index contributed by atoms with van der Waals surface area (Å²) in [6.45, 7) is 2.91. The normalized spacial score (nSPS) is 29.3. The number of hydrogen-bond acceptors (Lipinski definition) is 4. The molecular weight excluding hydrogens is 336 g/mol. The molecule has 2 aromatic heterocycles. The molecule has 1 aliphatic carbocycles. The highest BCUT2D eigenvalue weighted by Crippen LogP contribution is 2.49. The van der Waals surface area contributed by atoms with Gasteiger partial charge in [0.15, 0.2) is 0 Å². The Morgan fingerprint density at radius 2 is 2.07 bits per heavy atom. The number of nitrogens with one attached hydrogen (secondary N) is 1. The Morgan fingerprint density at radius 3 is 2.93 bits per heavy atom. The van der Waals surface area contributed by atoms with Crippen molar-refractivity contribution in [1.82, 2.24) is 20.1 Å². The largest absolute Gasteiger partial charge is 0.375 e. The lowest BCUT2D eigenvalue weighted by atomic mass is 9.68. The molecule has 2 atom stereocenters. The average molecular weight is 367 g/mol. The SMILES string of the molecule is c1ccc([C@]2(CCN[C@@H]3CCn4nccc43)CCOC3(CCCC3)C2)nc1. The second-order valence-electron chi connectivity index (χ2n) is 8.69. The second kappa shape index (κ2) is 7.02. The van der Waals surface area contributed by atoms with Crippen LogP contribution in [0, 0.1) is 0 Å². The second-order valence-corrected chi connectivity index (χ2v) is 8.69. The molecule has 5 rings (SSSR count). The van der Waals surface area contributed by atoms with Crippen LogP contribution in [0.3, 0.4) is 0 Å². The standard InChI is InChI=1S/C22H30N4O/c1-4-12-24-20(5-1)21(11-16-27-22(17-21)8-2-3-9-22)10-14-23-18-7-15-26-19(18)6-13-25-26/h1,4-6,12-13,18,23H,2-3,7-11,14-17H2/t18-,21-/m1/s1. The number of aromatic nitrogens is 3. The lowest BCUT2D eigenvalue weighted by molar-refractivity contribution is -0.104. The van der Waals surface area contributed by atoms with E-state index in [1.165, 1.54) is 37.1 Å². The third-order valence-electron chi connectivity index (χ3n) is 7.10. The zero-order valence-electron chi connectivity index (χ0n) is 16.1. The van der Waals surface area contributed by atoms with Gasteiger partial charge in [-0.3, -0.25) is 9.67 Å². The molecule has 5 nitrogen and oxygen atoms in total. The molecule has 3 aliphatic rings. The monoisotopic (exact) mass is 366 g/mol. The Labute approximate surface area is 161 Å². The molecule has 0 unspecified atom stereocenters. The molecule has 1 spiro atoms. The predicted octanol–water partition coefficient (Wildman–Crippen LogP) is 3.76. The van der Waals surface area contributed by atoms with Crippen LogP contribution in [0.4, 0.5) is 0 Å². The van der Waals surface area contributed by atoms with E-state index < -0.39 is 0 Å². The molecule has 1 N–H and O–H groups in total. The number of fused-ring (bicyclic) bond motifs is 1. The van der Waals surface area contributed by atoms with Crippen LogP contribution in [0.25, 0.3) is 0 Å². The Morgan fingerprint density at radius 1 is 1.15 bits per heavy atom. The van der Waals surface area contributed by atoms with Gasteiger partial charge in [0.05, 0.1) is 17.3 Å². The van der Waals surface area contributed by atoms with Crippen molar-refractivity contribution in [3.63, 3.8) is 0 Å². The average Bonchev–Trinajstić information content (AvgIpc) is 3.42. The maximum absolute atomic E-state index is 6.36.